The van der Waals surface area contributed by atoms with Gasteiger partial charge in [0.15, 0.2) is 11.2 Å². The third-order valence-electron chi connectivity index (χ3n) is 4.85. The number of nitrogens with two attached hydrogens (primary N) is 2. The molecule has 4 unspecified atom stereocenters. The lowest BCUT2D eigenvalue weighted by molar-refractivity contribution is -0.250. The van der Waals surface area contributed by atoms with Crippen LogP contribution >= 0.6 is 45.1 Å². The molecular weight excluding hydrogens is 629 g/mol. The van der Waals surface area contributed by atoms with Crippen molar-refractivity contribution in [3.8, 4) is 0 Å². The second-order valence-corrected chi connectivity index (χ2v) is 15.7. The Morgan fingerprint density at radius 1 is 1.28 bits per heavy atom. The van der Waals surface area contributed by atoms with Crippen LogP contribution in [0.15, 0.2) is 11.1 Å². The molecule has 0 amide bonds. The molecule has 2 aromatic heterocycles. The van der Waals surface area contributed by atoms with Gasteiger partial charge in [-0.1, -0.05) is 21.6 Å². The van der Waals surface area contributed by atoms with Crippen LogP contribution < -0.4 is 31.7 Å². The molecule has 3 rings (SSSR count). The van der Waals surface area contributed by atoms with Crippen LogP contribution in [0.4, 0.5) is 5.95 Å². The van der Waals surface area contributed by atoms with E-state index in [0.29, 0.717) is 6.54 Å². The topological polar surface area (TPSA) is 302 Å². The summed E-state index contributed by atoms with van der Waals surface area (Å²) in [4.78, 5) is 65.0. The Hall–Kier alpha value is -0.860. The number of aromatic amines is 1. The van der Waals surface area contributed by atoms with Crippen molar-refractivity contribution < 1.29 is 55.9 Å². The fourth-order valence-corrected chi connectivity index (χ4v) is 8.17. The summed E-state index contributed by atoms with van der Waals surface area (Å²) in [6, 6.07) is 0. The summed E-state index contributed by atoms with van der Waals surface area (Å²) in [6.07, 6.45) is -1.55. The molecule has 0 radical (unpaired) electrons. The minimum absolute atomic E-state index is 0.0378. The Kier molecular flexibility index (Phi) is 10.5. The largest absolute Gasteiger partial charge is 0.756 e. The minimum Gasteiger partial charge on any atom is -0.756 e. The zero-order chi connectivity index (χ0) is 29.2. The van der Waals surface area contributed by atoms with Crippen molar-refractivity contribution in [3.05, 3.63) is 16.7 Å². The molecule has 19 nitrogen and oxygen atoms in total. The summed E-state index contributed by atoms with van der Waals surface area (Å²) in [5.74, 6) is -0.0826. The summed E-state index contributed by atoms with van der Waals surface area (Å²) in [5, 5.41) is 0. The standard InChI is InChI=1S/C15H27N6O13P3S2/c1-15(2,5-16)39-38-7-30-8-3-10(21-6-18-11-12(21)19-14(17)20-13(11)22)32-9(8)4-31-36(26,27)34-37(28,29)33-35(23,24)25/h6,8-10H,3-5,7,16H2,1-2H3,(H,26,27)(H,28,29)(H2,23,24,25)(H3,17,19,20,22)/p-3/t8?,9-,10-/m1/s1. The summed E-state index contributed by atoms with van der Waals surface area (Å²) in [5.41, 5.74) is 10.8. The second-order valence-electron chi connectivity index (χ2n) is 8.45. The van der Waals surface area contributed by atoms with Crippen molar-refractivity contribution >= 4 is 62.2 Å². The molecule has 3 heterocycles. The first-order chi connectivity index (χ1) is 17.9. The molecule has 6 N–H and O–H groups in total. The molecule has 1 aliphatic rings. The van der Waals surface area contributed by atoms with E-state index in [-0.39, 0.29) is 34.2 Å². The molecule has 24 heteroatoms. The smallest absolute Gasteiger partial charge is 0.280 e. The van der Waals surface area contributed by atoms with Gasteiger partial charge in [0.1, 0.15) is 18.3 Å². The molecule has 6 atom stereocenters. The third-order valence-corrected chi connectivity index (χ3v) is 11.5. The van der Waals surface area contributed by atoms with E-state index in [1.54, 1.807) is 0 Å². The molecule has 0 aromatic carbocycles. The number of imidazole rings is 1. The van der Waals surface area contributed by atoms with E-state index < -0.39 is 54.1 Å². The van der Waals surface area contributed by atoms with Gasteiger partial charge in [-0.2, -0.15) is 4.98 Å². The zero-order valence-corrected chi connectivity index (χ0v) is 24.5. The van der Waals surface area contributed by atoms with Gasteiger partial charge in [0.2, 0.25) is 5.95 Å². The van der Waals surface area contributed by atoms with Gasteiger partial charge in [-0.25, -0.2) is 13.6 Å². The van der Waals surface area contributed by atoms with Gasteiger partial charge in [0, 0.05) is 17.7 Å². The lowest BCUT2D eigenvalue weighted by atomic mass is 10.2. The number of nitrogen functional groups attached to an aromatic ring is 1. The highest BCUT2D eigenvalue weighted by Gasteiger charge is 2.39. The van der Waals surface area contributed by atoms with E-state index in [1.807, 2.05) is 13.8 Å². The quantitative estimate of drug-likeness (QED) is 0.0813. The van der Waals surface area contributed by atoms with Crippen molar-refractivity contribution in [3.63, 3.8) is 0 Å². The Labute approximate surface area is 228 Å². The Morgan fingerprint density at radius 2 is 1.97 bits per heavy atom. The van der Waals surface area contributed by atoms with Crippen LogP contribution in [0.3, 0.4) is 0 Å². The van der Waals surface area contributed by atoms with Gasteiger partial charge >= 0.3 is 0 Å². The number of ether oxygens (including phenoxy) is 2. The molecule has 0 aliphatic carbocycles. The molecule has 0 spiro atoms. The SMILES string of the molecule is CC(C)(CN)SSCOC1C[C@H](n2cnc3c(=O)[nH]c(N)nc32)O[C@@H]1COP(=O)([O-])OP(=O)([O-])OP(=O)([O-])O. The van der Waals surface area contributed by atoms with E-state index in [0.717, 1.165) is 0 Å². The monoisotopic (exact) mass is 653 g/mol. The van der Waals surface area contributed by atoms with Gasteiger partial charge in [0.25, 0.3) is 29.0 Å². The number of nitrogens with zero attached hydrogens (tertiary/aromatic N) is 3. The van der Waals surface area contributed by atoms with Crippen LogP contribution in [0.2, 0.25) is 0 Å². The van der Waals surface area contributed by atoms with E-state index in [4.69, 9.17) is 25.8 Å². The van der Waals surface area contributed by atoms with Crippen LogP contribution in [0.25, 0.3) is 11.2 Å². The highest BCUT2D eigenvalue weighted by molar-refractivity contribution is 8.77. The maximum atomic E-state index is 12.1. The highest BCUT2D eigenvalue weighted by atomic mass is 33.1. The average molecular weight is 653 g/mol. The number of H-pyrrole nitrogens is 1. The van der Waals surface area contributed by atoms with Gasteiger partial charge in [-0.05, 0) is 13.8 Å². The molecule has 0 saturated carbocycles. The minimum atomic E-state index is -6.07. The predicted octanol–water partition coefficient (Wildman–Crippen LogP) is -1.10. The van der Waals surface area contributed by atoms with Crippen molar-refractivity contribution in [1.82, 2.24) is 19.5 Å². The first-order valence-corrected chi connectivity index (χ1v) is 17.4. The normalized spacial score (nSPS) is 24.8. The van der Waals surface area contributed by atoms with Crippen molar-refractivity contribution in [2.45, 2.75) is 43.5 Å². The molecule has 1 aliphatic heterocycles. The predicted molar refractivity (Wildman–Crippen MR) is 132 cm³/mol. The number of anilines is 1. The summed E-state index contributed by atoms with van der Waals surface area (Å²) >= 11 is 0. The van der Waals surface area contributed by atoms with Gasteiger partial charge in [-0.15, -0.1) is 0 Å². The summed E-state index contributed by atoms with van der Waals surface area (Å²) in [7, 11) is -14.9. The summed E-state index contributed by atoms with van der Waals surface area (Å²) in [6.45, 7) is 3.40. The lowest BCUT2D eigenvalue weighted by Crippen LogP contribution is -2.30. The number of phosphoric acid groups is 3. The fourth-order valence-electron chi connectivity index (χ4n) is 3.14. The van der Waals surface area contributed by atoms with Crippen molar-refractivity contribution in [2.24, 2.45) is 5.73 Å². The number of phosphoric ester groups is 1. The molecule has 0 bridgehead atoms. The van der Waals surface area contributed by atoms with E-state index in [2.05, 4.69) is 28.1 Å². The average Bonchev–Trinajstić information content (AvgIpc) is 3.37. The molecule has 1 fully saturated rings. The van der Waals surface area contributed by atoms with Crippen molar-refractivity contribution in [2.75, 3.05) is 24.8 Å². The molecule has 39 heavy (non-hydrogen) atoms. The maximum absolute atomic E-state index is 12.1. The Balaban J connectivity index is 1.74. The zero-order valence-electron chi connectivity index (χ0n) is 20.1. The number of rotatable bonds is 14. The second kappa shape index (κ2) is 12.6. The molecule has 2 aromatic rings. The van der Waals surface area contributed by atoms with Crippen LogP contribution in [-0.2, 0) is 36.3 Å². The number of nitrogens with one attached hydrogen (secondary N) is 1. The first-order valence-electron chi connectivity index (χ1n) is 10.6. The summed E-state index contributed by atoms with van der Waals surface area (Å²) < 4.78 is 58.4. The maximum Gasteiger partial charge on any atom is 0.280 e. The Bertz CT molecular complexity index is 1370. The Morgan fingerprint density at radius 3 is 2.62 bits per heavy atom. The van der Waals surface area contributed by atoms with Gasteiger partial charge in [0.05, 0.1) is 19.0 Å². The lowest BCUT2D eigenvalue weighted by Gasteiger charge is -2.33. The molecule has 1 saturated heterocycles. The number of aromatic nitrogens is 4. The van der Waals surface area contributed by atoms with Gasteiger partial charge < -0.3 is 45.0 Å². The fraction of sp³-hybridized carbons (Fsp3) is 0.667. The van der Waals surface area contributed by atoms with Gasteiger partial charge in [-0.3, -0.25) is 28.0 Å². The number of hydrogen-bond donors (Lipinski definition) is 4. The first kappa shape index (κ1) is 32.7. The van der Waals surface area contributed by atoms with Crippen LogP contribution in [0.5, 0.6) is 0 Å². The molecule has 222 valence electrons. The number of fused-ring (bicyclic) bond motifs is 1. The highest BCUT2D eigenvalue weighted by Crippen LogP contribution is 2.61. The van der Waals surface area contributed by atoms with E-state index in [1.165, 1.54) is 32.5 Å². The van der Waals surface area contributed by atoms with E-state index >= 15 is 0 Å². The number of hydrogen-bond acceptors (Lipinski definition) is 18. The van der Waals surface area contributed by atoms with E-state index in [9.17, 15) is 33.2 Å². The van der Waals surface area contributed by atoms with Crippen LogP contribution in [0, 0.1) is 0 Å². The van der Waals surface area contributed by atoms with Crippen LogP contribution in [0.1, 0.15) is 26.5 Å². The van der Waals surface area contributed by atoms with Crippen LogP contribution in [-0.4, -0.2) is 60.5 Å². The van der Waals surface area contributed by atoms with Crippen molar-refractivity contribution in [1.29, 1.82) is 0 Å². The third kappa shape index (κ3) is 9.59. The molecular formula is C15H24N6O13P3S2-3.